The molecule has 0 unspecified atom stereocenters. The molecule has 6 aromatic carbocycles. The number of hydrogen-bond acceptors (Lipinski definition) is 10. The van der Waals surface area contributed by atoms with Crippen molar-refractivity contribution in [2.45, 2.75) is 87.2 Å². The lowest BCUT2D eigenvalue weighted by Gasteiger charge is -2.16. The Hall–Kier alpha value is -7.00. The minimum Gasteiger partial charge on any atom is -0.434 e. The molecule has 2 atom stereocenters. The van der Waals surface area contributed by atoms with Gasteiger partial charge in [0.05, 0.1) is 53.4 Å². The number of para-hydroxylation sites is 2. The molecule has 8 aromatic rings. The Balaban J connectivity index is 0.000000194. The summed E-state index contributed by atoms with van der Waals surface area (Å²) < 4.78 is 112. The van der Waals surface area contributed by atoms with Crippen molar-refractivity contribution in [2.75, 3.05) is 24.6 Å². The van der Waals surface area contributed by atoms with Gasteiger partial charge in [-0.05, 0) is 122 Å². The lowest BCUT2D eigenvalue weighted by Crippen LogP contribution is -2.23. The number of ether oxygens (including phenoxy) is 2. The molecule has 2 heterocycles. The number of aromatic nitrogens is 4. The maximum Gasteiger partial charge on any atom is 0.387 e. The largest absolute Gasteiger partial charge is 0.434 e. The van der Waals surface area contributed by atoms with Crippen molar-refractivity contribution < 1.29 is 53.5 Å². The molecule has 0 aliphatic heterocycles. The zero-order chi connectivity index (χ0) is 56.9. The van der Waals surface area contributed by atoms with Gasteiger partial charge in [-0.1, -0.05) is 83.9 Å². The molecule has 22 heteroatoms. The number of fused-ring (bicyclic) bond motifs is 2. The summed E-state index contributed by atoms with van der Waals surface area (Å²) >= 11 is 13.2. The van der Waals surface area contributed by atoms with E-state index in [1.807, 2.05) is 0 Å². The summed E-state index contributed by atoms with van der Waals surface area (Å²) in [5, 5.41) is 6.26. The number of H-pyrrole nitrogens is 2. The van der Waals surface area contributed by atoms with E-state index in [2.05, 4.69) is 20.6 Å². The second-order valence-corrected chi connectivity index (χ2v) is 24.8. The third-order valence-electron chi connectivity index (χ3n) is 13.8. The molecule has 0 bridgehead atoms. The molecule has 0 radical (unpaired) electrons. The van der Waals surface area contributed by atoms with Crippen molar-refractivity contribution >= 4 is 76.8 Å². The van der Waals surface area contributed by atoms with E-state index < -0.39 is 32.9 Å². The number of benzene rings is 6. The first-order chi connectivity index (χ1) is 38.2. The van der Waals surface area contributed by atoms with Gasteiger partial charge >= 0.3 is 13.2 Å². The van der Waals surface area contributed by atoms with E-state index in [1.54, 1.807) is 109 Å². The Morgan fingerprint density at radius 1 is 0.562 bits per heavy atom. The topological polar surface area (TPSA) is 202 Å². The van der Waals surface area contributed by atoms with Crippen LogP contribution in [0.3, 0.4) is 0 Å². The van der Waals surface area contributed by atoms with Crippen LogP contribution in [0.5, 0.6) is 11.5 Å². The monoisotopic (exact) mass is 1170 g/mol. The predicted molar refractivity (Wildman–Crippen MR) is 299 cm³/mol. The highest BCUT2D eigenvalue weighted by Gasteiger charge is 2.31. The highest BCUT2D eigenvalue weighted by atomic mass is 35.5. The van der Waals surface area contributed by atoms with E-state index in [4.69, 9.17) is 42.6 Å². The van der Waals surface area contributed by atoms with E-state index >= 15 is 0 Å². The number of nitrogens with one attached hydrogen (secondary N) is 4. The molecule has 2 amide bonds. The second kappa shape index (κ2) is 24.8. The number of rotatable bonds is 22. The third kappa shape index (κ3) is 14.5. The standard InChI is InChI=1S/2C29H28ClF2N3O4S/c2*1-17(36)33-13-12-21(19-8-10-20(11-9-19)40(37,38)16-18-6-7-18)28-34-25-14-23(24(30)15-26(25)35-28)22-4-2-3-5-27(22)39-29(31)32/h2*2-5,8-11,14-15,18,21,29H,6-7,12-13,16H2,1H3,(H,33,36)(H,34,35)/t2*21-/m10/s1. The Labute approximate surface area is 469 Å². The number of imidazole rings is 2. The van der Waals surface area contributed by atoms with Crippen LogP contribution >= 0.6 is 23.2 Å². The van der Waals surface area contributed by atoms with Crippen molar-refractivity contribution in [3.8, 4) is 33.8 Å². The number of nitrogens with zero attached hydrogens (tertiary/aromatic N) is 2. The van der Waals surface area contributed by atoms with Crippen molar-refractivity contribution in [2.24, 2.45) is 11.8 Å². The molecule has 2 fully saturated rings. The lowest BCUT2D eigenvalue weighted by atomic mass is 9.95. The summed E-state index contributed by atoms with van der Waals surface area (Å²) in [6, 6.07) is 33.2. The quantitative estimate of drug-likeness (QED) is 0.0473. The van der Waals surface area contributed by atoms with Crippen LogP contribution < -0.4 is 20.1 Å². The van der Waals surface area contributed by atoms with Crippen LogP contribution in [0.25, 0.3) is 44.3 Å². The normalized spacial score (nSPS) is 14.4. The average Bonchev–Trinajstić information content (AvgIpc) is 4.36. The molecule has 0 saturated heterocycles. The summed E-state index contributed by atoms with van der Waals surface area (Å²) in [5.41, 5.74) is 5.87. The summed E-state index contributed by atoms with van der Waals surface area (Å²) in [4.78, 5) is 39.8. The molecule has 80 heavy (non-hydrogen) atoms. The molecule has 2 aliphatic carbocycles. The third-order valence-corrected chi connectivity index (χ3v) is 18.3. The van der Waals surface area contributed by atoms with Crippen LogP contribution in [0.2, 0.25) is 10.0 Å². The van der Waals surface area contributed by atoms with Gasteiger partial charge in [0.1, 0.15) is 23.1 Å². The Kier molecular flexibility index (Phi) is 17.9. The van der Waals surface area contributed by atoms with Crippen molar-refractivity contribution in [1.82, 2.24) is 30.6 Å². The van der Waals surface area contributed by atoms with Crippen LogP contribution in [0.4, 0.5) is 17.6 Å². The Bertz CT molecular complexity index is 3520. The molecule has 2 saturated carbocycles. The predicted octanol–water partition coefficient (Wildman–Crippen LogP) is 12.7. The summed E-state index contributed by atoms with van der Waals surface area (Å²) in [7, 11) is -6.70. The summed E-state index contributed by atoms with van der Waals surface area (Å²) in [5.74, 6) is 1.10. The van der Waals surface area contributed by atoms with Gasteiger partial charge < -0.3 is 30.1 Å². The first kappa shape index (κ1) is 57.7. The molecule has 4 N–H and O–H groups in total. The van der Waals surface area contributed by atoms with Crippen molar-refractivity contribution in [3.63, 3.8) is 0 Å². The van der Waals surface area contributed by atoms with E-state index in [9.17, 15) is 44.0 Å². The molecule has 0 spiro atoms. The molecular weight excluding hydrogens is 1120 g/mol. The van der Waals surface area contributed by atoms with Gasteiger partial charge in [0.25, 0.3) is 0 Å². The fourth-order valence-corrected chi connectivity index (χ4v) is 13.4. The number of aromatic amines is 2. The highest BCUT2D eigenvalue weighted by Crippen LogP contribution is 2.41. The van der Waals surface area contributed by atoms with Gasteiger partial charge in [-0.3, -0.25) is 9.59 Å². The van der Waals surface area contributed by atoms with E-state index in [0.717, 1.165) is 36.8 Å². The summed E-state index contributed by atoms with van der Waals surface area (Å²) in [6.07, 6.45) is 4.80. The fourth-order valence-electron chi connectivity index (χ4n) is 9.52. The summed E-state index contributed by atoms with van der Waals surface area (Å²) in [6.45, 7) is -2.34. The van der Waals surface area contributed by atoms with Gasteiger partial charge in [0.2, 0.25) is 11.8 Å². The number of alkyl halides is 4. The molecule has 2 aromatic heterocycles. The van der Waals surface area contributed by atoms with Gasteiger partial charge in [-0.25, -0.2) is 26.8 Å². The van der Waals surface area contributed by atoms with E-state index in [0.29, 0.717) is 91.9 Å². The fraction of sp³-hybridized carbons (Fsp3) is 0.310. The molecule has 2 aliphatic rings. The average molecular weight is 1180 g/mol. The Morgan fingerprint density at radius 2 is 0.925 bits per heavy atom. The van der Waals surface area contributed by atoms with Crippen LogP contribution in [0, 0.1) is 11.8 Å². The Morgan fingerprint density at radius 3 is 1.26 bits per heavy atom. The lowest BCUT2D eigenvalue weighted by molar-refractivity contribution is -0.119. The molecule has 14 nitrogen and oxygen atoms in total. The van der Waals surface area contributed by atoms with E-state index in [-0.39, 0.29) is 68.3 Å². The first-order valence-electron chi connectivity index (χ1n) is 25.8. The minimum absolute atomic E-state index is 0.000537. The molecule has 420 valence electrons. The highest BCUT2D eigenvalue weighted by molar-refractivity contribution is 7.91. The number of hydrogen-bond donors (Lipinski definition) is 4. The van der Waals surface area contributed by atoms with Crippen molar-refractivity contribution in [1.29, 1.82) is 0 Å². The van der Waals surface area contributed by atoms with Gasteiger partial charge in [0.15, 0.2) is 19.7 Å². The smallest absolute Gasteiger partial charge is 0.387 e. The number of carbonyl (C=O) groups excluding carboxylic acids is 2. The van der Waals surface area contributed by atoms with Gasteiger partial charge in [-0.15, -0.1) is 0 Å². The zero-order valence-electron chi connectivity index (χ0n) is 43.3. The van der Waals surface area contributed by atoms with Crippen LogP contribution in [-0.4, -0.2) is 86.4 Å². The minimum atomic E-state index is -3.35. The van der Waals surface area contributed by atoms with Crippen LogP contribution in [-0.2, 0) is 29.3 Å². The number of sulfone groups is 2. The van der Waals surface area contributed by atoms with Crippen molar-refractivity contribution in [3.05, 3.63) is 154 Å². The molecule has 10 rings (SSSR count). The van der Waals surface area contributed by atoms with E-state index in [1.165, 1.54) is 26.0 Å². The number of carbonyl (C=O) groups is 2. The first-order valence-corrected chi connectivity index (χ1v) is 29.9. The van der Waals surface area contributed by atoms with Crippen LogP contribution in [0.1, 0.15) is 87.0 Å². The van der Waals surface area contributed by atoms with Gasteiger partial charge in [-0.2, -0.15) is 17.6 Å². The second-order valence-electron chi connectivity index (χ2n) is 19.9. The molecular formula is C58H56Cl2F4N6O8S2. The van der Waals surface area contributed by atoms with Gasteiger partial charge in [0, 0.05) is 61.0 Å². The SMILES string of the molecule is CC(=O)NCC[C@@H](c1ccc(S(=O)(=O)CC2CC2)cc1)c1nc2cc(-c3ccccc3OC(F)F)c(Cl)cc2[nH]1.CC(=O)NCC[C@H](c1ccc(S(=O)(=O)CC2CC2)cc1)c1nc2cc(-c3ccccc3OC(F)F)c(Cl)cc2[nH]1. The maximum absolute atomic E-state index is 13.0. The van der Waals surface area contributed by atoms with Crippen LogP contribution in [0.15, 0.2) is 131 Å². The zero-order valence-corrected chi connectivity index (χ0v) is 46.5. The maximum atomic E-state index is 13.0. The number of amides is 2. The number of halogens is 6.